The second-order valence-electron chi connectivity index (χ2n) is 3.15. The van der Waals surface area contributed by atoms with Crippen LogP contribution >= 0.6 is 15.9 Å². The van der Waals surface area contributed by atoms with Crippen LogP contribution in [0.1, 0.15) is 10.5 Å². The summed E-state index contributed by atoms with van der Waals surface area (Å²) < 4.78 is 14.0. The molecule has 0 aliphatic carbocycles. The maximum Gasteiger partial charge on any atom is 0.355 e. The summed E-state index contributed by atoms with van der Waals surface area (Å²) in [4.78, 5) is 14.6. The van der Waals surface area contributed by atoms with Crippen molar-refractivity contribution in [3.8, 4) is 0 Å². The monoisotopic (exact) mass is 284 g/mol. The minimum Gasteiger partial charge on any atom is -0.476 e. The number of carboxylic acid groups (broad SMARTS) is 1. The quantitative estimate of drug-likeness (QED) is 0.789. The number of nitrogens with two attached hydrogens (primary N) is 1. The molecular weight excluding hydrogens is 279 g/mol. The average molecular weight is 285 g/mol. The van der Waals surface area contributed by atoms with Crippen molar-refractivity contribution in [2.24, 2.45) is 0 Å². The van der Waals surface area contributed by atoms with E-state index in [2.05, 4.69) is 20.9 Å². The van der Waals surface area contributed by atoms with Crippen molar-refractivity contribution in [3.63, 3.8) is 0 Å². The Balaban J connectivity index is 3.03. The highest BCUT2D eigenvalue weighted by Gasteiger charge is 2.17. The van der Waals surface area contributed by atoms with Crippen LogP contribution in [0.25, 0.3) is 10.8 Å². The lowest BCUT2D eigenvalue weighted by molar-refractivity contribution is 0.0692. The predicted octanol–water partition coefficient (Wildman–Crippen LogP) is 2.42. The molecule has 1 aromatic heterocycles. The van der Waals surface area contributed by atoms with Crippen LogP contribution in [0, 0.1) is 5.82 Å². The number of carbonyl (C=O) groups is 1. The van der Waals surface area contributed by atoms with Gasteiger partial charge in [0.05, 0.1) is 5.39 Å². The van der Waals surface area contributed by atoms with Gasteiger partial charge in [-0.1, -0.05) is 0 Å². The number of nitrogen functional groups attached to an aromatic ring is 1. The molecule has 0 bridgehead atoms. The van der Waals surface area contributed by atoms with Gasteiger partial charge in [0, 0.05) is 21.7 Å². The molecule has 4 nitrogen and oxygen atoms in total. The van der Waals surface area contributed by atoms with Crippen LogP contribution in [0.2, 0.25) is 0 Å². The van der Waals surface area contributed by atoms with Crippen molar-refractivity contribution in [1.29, 1.82) is 0 Å². The van der Waals surface area contributed by atoms with Crippen LogP contribution in [-0.2, 0) is 0 Å². The Morgan fingerprint density at radius 1 is 1.44 bits per heavy atom. The summed E-state index contributed by atoms with van der Waals surface area (Å²) in [6.45, 7) is 0. The maximum absolute atomic E-state index is 13.6. The van der Waals surface area contributed by atoms with Crippen molar-refractivity contribution < 1.29 is 14.3 Å². The number of benzene rings is 1. The van der Waals surface area contributed by atoms with Gasteiger partial charge in [-0.15, -0.1) is 0 Å². The molecule has 0 aliphatic heterocycles. The summed E-state index contributed by atoms with van der Waals surface area (Å²) in [5.41, 5.74) is 5.63. The van der Waals surface area contributed by atoms with E-state index in [1.807, 2.05) is 0 Å². The zero-order chi connectivity index (χ0) is 11.9. The first kappa shape index (κ1) is 10.8. The molecule has 0 saturated heterocycles. The van der Waals surface area contributed by atoms with Crippen LogP contribution in [0.3, 0.4) is 0 Å². The molecule has 2 rings (SSSR count). The highest BCUT2D eigenvalue weighted by atomic mass is 79.9. The molecule has 0 fully saturated rings. The lowest BCUT2D eigenvalue weighted by Gasteiger charge is -2.07. The number of hydrogen-bond donors (Lipinski definition) is 2. The van der Waals surface area contributed by atoms with Crippen LogP contribution in [-0.4, -0.2) is 16.1 Å². The summed E-state index contributed by atoms with van der Waals surface area (Å²) in [6, 6.07) is 2.51. The molecule has 0 aliphatic rings. The van der Waals surface area contributed by atoms with Crippen molar-refractivity contribution in [1.82, 2.24) is 4.98 Å². The number of rotatable bonds is 1. The third-order valence-corrected chi connectivity index (χ3v) is 2.77. The van der Waals surface area contributed by atoms with E-state index in [1.54, 1.807) is 0 Å². The highest BCUT2D eigenvalue weighted by Crippen LogP contribution is 2.32. The molecule has 6 heteroatoms. The molecule has 0 radical (unpaired) electrons. The molecule has 3 N–H and O–H groups in total. The van der Waals surface area contributed by atoms with Gasteiger partial charge in [0.2, 0.25) is 0 Å². The molecule has 0 atom stereocenters. The molecule has 2 aromatic rings. The van der Waals surface area contributed by atoms with Gasteiger partial charge in [0.25, 0.3) is 0 Å². The molecule has 1 heterocycles. The zero-order valence-electron chi connectivity index (χ0n) is 7.87. The van der Waals surface area contributed by atoms with E-state index >= 15 is 0 Å². The highest BCUT2D eigenvalue weighted by molar-refractivity contribution is 9.10. The SMILES string of the molecule is Nc1ccc(F)c2c(C(=O)O)ncc(Br)c12. The normalized spacial score (nSPS) is 10.6. The summed E-state index contributed by atoms with van der Waals surface area (Å²) in [5, 5.41) is 9.15. The number of nitrogens with zero attached hydrogens (tertiary/aromatic N) is 1. The van der Waals surface area contributed by atoms with E-state index in [0.29, 0.717) is 15.5 Å². The van der Waals surface area contributed by atoms with E-state index < -0.39 is 11.8 Å². The van der Waals surface area contributed by atoms with Crippen LogP contribution in [0.15, 0.2) is 22.8 Å². The Morgan fingerprint density at radius 2 is 2.12 bits per heavy atom. The van der Waals surface area contributed by atoms with Crippen LogP contribution in [0.5, 0.6) is 0 Å². The van der Waals surface area contributed by atoms with Crippen molar-refractivity contribution in [3.05, 3.63) is 34.3 Å². The molecule has 16 heavy (non-hydrogen) atoms. The van der Waals surface area contributed by atoms with Crippen LogP contribution in [0.4, 0.5) is 10.1 Å². The second kappa shape index (κ2) is 3.71. The molecule has 1 aromatic carbocycles. The third kappa shape index (κ3) is 1.51. The Hall–Kier alpha value is -1.69. The van der Waals surface area contributed by atoms with Crippen molar-refractivity contribution in [2.45, 2.75) is 0 Å². The Labute approximate surface area is 98.0 Å². The zero-order valence-corrected chi connectivity index (χ0v) is 9.45. The molecule has 82 valence electrons. The number of hydrogen-bond acceptors (Lipinski definition) is 3. The number of aromatic carboxylic acids is 1. The van der Waals surface area contributed by atoms with Gasteiger partial charge >= 0.3 is 5.97 Å². The molecule has 0 unspecified atom stereocenters. The first-order valence-corrected chi connectivity index (χ1v) is 5.07. The maximum atomic E-state index is 13.6. The van der Waals surface area contributed by atoms with Gasteiger partial charge in [0.15, 0.2) is 5.69 Å². The summed E-state index contributed by atoms with van der Waals surface area (Å²) in [5.74, 6) is -1.95. The topological polar surface area (TPSA) is 76.2 Å². The standard InChI is InChI=1S/C10H6BrFN2O2/c11-4-3-14-9(10(15)16)8-5(12)1-2-6(13)7(4)8/h1-3H,13H2,(H,15,16). The number of fused-ring (bicyclic) bond motifs is 1. The fraction of sp³-hybridized carbons (Fsp3) is 0. The summed E-state index contributed by atoms with van der Waals surface area (Å²) in [7, 11) is 0. The number of carboxylic acids is 1. The van der Waals surface area contributed by atoms with E-state index in [4.69, 9.17) is 10.8 Å². The minimum absolute atomic E-state index is 0.0816. The minimum atomic E-state index is -1.29. The lowest BCUT2D eigenvalue weighted by Crippen LogP contribution is -2.04. The van der Waals surface area contributed by atoms with Crippen LogP contribution < -0.4 is 5.73 Å². The number of anilines is 1. The molecular formula is C10H6BrFN2O2. The Kier molecular flexibility index (Phi) is 2.51. The van der Waals surface area contributed by atoms with E-state index in [1.165, 1.54) is 12.3 Å². The predicted molar refractivity (Wildman–Crippen MR) is 60.8 cm³/mol. The summed E-state index contributed by atoms with van der Waals surface area (Å²) in [6.07, 6.45) is 1.29. The van der Waals surface area contributed by atoms with Gasteiger partial charge in [-0.05, 0) is 28.1 Å². The molecule has 0 amide bonds. The van der Waals surface area contributed by atoms with Gasteiger partial charge < -0.3 is 10.8 Å². The Bertz CT molecular complexity index is 593. The van der Waals surface area contributed by atoms with E-state index in [-0.39, 0.29) is 11.1 Å². The van der Waals surface area contributed by atoms with Gasteiger partial charge in [-0.25, -0.2) is 14.2 Å². The largest absolute Gasteiger partial charge is 0.476 e. The van der Waals surface area contributed by atoms with Crippen molar-refractivity contribution in [2.75, 3.05) is 5.73 Å². The fourth-order valence-corrected chi connectivity index (χ4v) is 2.02. The Morgan fingerprint density at radius 3 is 2.75 bits per heavy atom. The molecule has 0 saturated carbocycles. The van der Waals surface area contributed by atoms with E-state index in [9.17, 15) is 9.18 Å². The van der Waals surface area contributed by atoms with Gasteiger partial charge in [-0.2, -0.15) is 0 Å². The average Bonchev–Trinajstić information content (AvgIpc) is 2.23. The number of pyridine rings is 1. The summed E-state index contributed by atoms with van der Waals surface area (Å²) >= 11 is 3.16. The smallest absolute Gasteiger partial charge is 0.355 e. The first-order valence-electron chi connectivity index (χ1n) is 4.28. The van der Waals surface area contributed by atoms with Gasteiger partial charge in [0.1, 0.15) is 5.82 Å². The fourth-order valence-electron chi connectivity index (χ4n) is 1.49. The molecule has 0 spiro atoms. The second-order valence-corrected chi connectivity index (χ2v) is 4.00. The third-order valence-electron chi connectivity index (χ3n) is 2.17. The van der Waals surface area contributed by atoms with E-state index in [0.717, 1.165) is 6.07 Å². The number of halogens is 2. The number of aromatic nitrogens is 1. The van der Waals surface area contributed by atoms with Crippen molar-refractivity contribution >= 4 is 38.4 Å². The van der Waals surface area contributed by atoms with Gasteiger partial charge in [-0.3, -0.25) is 0 Å². The lowest BCUT2D eigenvalue weighted by atomic mass is 10.1. The first-order chi connectivity index (χ1) is 7.52.